The maximum Gasteiger partial charge on any atom is 0.248 e. The number of carbonyl (C=O) groups excluding carboxylic acids is 2. The molecular formula is C40H61N5O5Si. The van der Waals surface area contributed by atoms with Crippen LogP contribution in [0.1, 0.15) is 82.6 Å². The van der Waals surface area contributed by atoms with Gasteiger partial charge in [0.25, 0.3) is 0 Å². The van der Waals surface area contributed by atoms with E-state index in [1.165, 1.54) is 25.3 Å². The Kier molecular flexibility index (Phi) is 14.5. The van der Waals surface area contributed by atoms with Gasteiger partial charge in [0.15, 0.2) is 8.32 Å². The molecule has 1 aliphatic heterocycles. The van der Waals surface area contributed by atoms with Gasteiger partial charge in [-0.05, 0) is 92.7 Å². The highest BCUT2D eigenvalue weighted by Gasteiger charge is 2.40. The number of aromatic nitrogens is 1. The lowest BCUT2D eigenvalue weighted by atomic mass is 10.0. The van der Waals surface area contributed by atoms with Crippen LogP contribution in [-0.4, -0.2) is 92.4 Å². The first kappa shape index (κ1) is 40.3. The molecule has 1 aliphatic rings. The smallest absolute Gasteiger partial charge is 0.248 e. The normalized spacial score (nSPS) is 15.4. The number of benzene rings is 2. The van der Waals surface area contributed by atoms with Crippen molar-refractivity contribution in [3.63, 3.8) is 0 Å². The summed E-state index contributed by atoms with van der Waals surface area (Å²) in [6.45, 7) is 18.0. The first-order chi connectivity index (χ1) is 24.1. The fraction of sp³-hybridized carbons (Fsp3) is 0.575. The number of piperidine rings is 1. The van der Waals surface area contributed by atoms with Crippen molar-refractivity contribution < 1.29 is 19.1 Å². The third kappa shape index (κ3) is 12.0. The largest absolute Gasteiger partial charge is 0.506 e. The van der Waals surface area contributed by atoms with Gasteiger partial charge >= 0.3 is 0 Å². The molecule has 1 aromatic heterocycles. The number of aromatic amines is 1. The molecule has 1 saturated heterocycles. The van der Waals surface area contributed by atoms with E-state index in [9.17, 15) is 19.5 Å². The molecule has 0 radical (unpaired) electrons. The molecule has 2 atom stereocenters. The van der Waals surface area contributed by atoms with Crippen molar-refractivity contribution in [3.8, 4) is 5.75 Å². The number of fused-ring (bicyclic) bond motifs is 1. The first-order valence-corrected chi connectivity index (χ1v) is 21.6. The fourth-order valence-electron chi connectivity index (χ4n) is 6.43. The summed E-state index contributed by atoms with van der Waals surface area (Å²) < 4.78 is 6.97. The molecule has 4 rings (SSSR count). The van der Waals surface area contributed by atoms with Crippen LogP contribution >= 0.6 is 0 Å². The van der Waals surface area contributed by atoms with Crippen molar-refractivity contribution in [2.45, 2.75) is 103 Å². The van der Waals surface area contributed by atoms with Crippen molar-refractivity contribution in [1.29, 1.82) is 0 Å². The molecule has 0 saturated carbocycles. The van der Waals surface area contributed by atoms with Crippen LogP contribution in [0.5, 0.6) is 5.75 Å². The number of hydrogen-bond acceptors (Lipinski definition) is 7. The molecule has 0 spiro atoms. The zero-order valence-electron chi connectivity index (χ0n) is 31.9. The average molecular weight is 720 g/mol. The Hall–Kier alpha value is -3.51. The van der Waals surface area contributed by atoms with Gasteiger partial charge in [0, 0.05) is 57.1 Å². The number of pyridine rings is 1. The van der Waals surface area contributed by atoms with Crippen LogP contribution in [0.3, 0.4) is 0 Å². The SMILES string of the molecule is C[C@@H](Cc1cccc(CC(=O)NCCCN(C)C(=O)CCN2CCCCC2)c1)NC[C@H](O[Si](C)(C)C(C)(C)C)c1ccc(O)c2[nH]c(=O)ccc12. The van der Waals surface area contributed by atoms with Crippen molar-refractivity contribution in [1.82, 2.24) is 25.4 Å². The summed E-state index contributed by atoms with van der Waals surface area (Å²) in [5.74, 6) is 0.174. The number of nitrogens with zero attached hydrogens (tertiary/aromatic N) is 2. The summed E-state index contributed by atoms with van der Waals surface area (Å²) in [4.78, 5) is 44.3. The summed E-state index contributed by atoms with van der Waals surface area (Å²) in [5.41, 5.74) is 3.17. The summed E-state index contributed by atoms with van der Waals surface area (Å²) in [6.07, 6.45) is 5.80. The van der Waals surface area contributed by atoms with E-state index >= 15 is 0 Å². The Balaban J connectivity index is 1.28. The van der Waals surface area contributed by atoms with Gasteiger partial charge in [0.05, 0.1) is 18.0 Å². The number of amides is 2. The van der Waals surface area contributed by atoms with Gasteiger partial charge in [-0.2, -0.15) is 0 Å². The lowest BCUT2D eigenvalue weighted by molar-refractivity contribution is -0.130. The Labute approximate surface area is 305 Å². The molecule has 0 aliphatic carbocycles. The Bertz CT molecular complexity index is 1660. The van der Waals surface area contributed by atoms with Gasteiger partial charge in [-0.25, -0.2) is 0 Å². The molecule has 1 fully saturated rings. The molecule has 0 bridgehead atoms. The Morgan fingerprint density at radius 2 is 1.78 bits per heavy atom. The molecule has 10 nitrogen and oxygen atoms in total. The quantitative estimate of drug-likeness (QED) is 0.101. The first-order valence-electron chi connectivity index (χ1n) is 18.7. The second-order valence-corrected chi connectivity index (χ2v) is 20.6. The molecule has 3 aromatic rings. The van der Waals surface area contributed by atoms with Gasteiger partial charge in [-0.15, -0.1) is 0 Å². The van der Waals surface area contributed by atoms with Crippen LogP contribution in [0, 0.1) is 0 Å². The summed E-state index contributed by atoms with van der Waals surface area (Å²) in [7, 11) is -0.347. The van der Waals surface area contributed by atoms with Gasteiger partial charge in [0.2, 0.25) is 17.4 Å². The van der Waals surface area contributed by atoms with Crippen molar-refractivity contribution in [3.05, 3.63) is 75.6 Å². The lowest BCUT2D eigenvalue weighted by Gasteiger charge is -2.40. The minimum Gasteiger partial charge on any atom is -0.506 e. The maximum absolute atomic E-state index is 12.8. The number of rotatable bonds is 17. The summed E-state index contributed by atoms with van der Waals surface area (Å²) in [6, 6.07) is 15.0. The minimum atomic E-state index is -2.20. The van der Waals surface area contributed by atoms with E-state index in [4.69, 9.17) is 4.43 Å². The number of carbonyl (C=O) groups is 2. The molecule has 280 valence electrons. The van der Waals surface area contributed by atoms with Gasteiger partial charge in [0.1, 0.15) is 5.75 Å². The van der Waals surface area contributed by atoms with Gasteiger partial charge < -0.3 is 34.9 Å². The number of likely N-dealkylation sites (tertiary alicyclic amines) is 1. The average Bonchev–Trinajstić information content (AvgIpc) is 3.08. The topological polar surface area (TPSA) is 127 Å². The number of H-pyrrole nitrogens is 1. The van der Waals surface area contributed by atoms with Crippen molar-refractivity contribution in [2.75, 3.05) is 46.3 Å². The molecular weight excluding hydrogens is 659 g/mol. The highest BCUT2D eigenvalue weighted by Crippen LogP contribution is 2.41. The molecule has 2 amide bonds. The molecule has 4 N–H and O–H groups in total. The Morgan fingerprint density at radius 3 is 2.51 bits per heavy atom. The number of phenolic OH excluding ortho intramolecular Hbond substituents is 1. The predicted octanol–water partition coefficient (Wildman–Crippen LogP) is 5.90. The van der Waals surface area contributed by atoms with E-state index in [-0.39, 0.29) is 40.3 Å². The third-order valence-electron chi connectivity index (χ3n) is 10.6. The predicted molar refractivity (Wildman–Crippen MR) is 209 cm³/mol. The van der Waals surface area contributed by atoms with Crippen LogP contribution in [0.25, 0.3) is 10.9 Å². The molecule has 2 heterocycles. The van der Waals surface area contributed by atoms with E-state index in [1.54, 1.807) is 17.0 Å². The maximum atomic E-state index is 12.8. The minimum absolute atomic E-state index is 0.00751. The van der Waals surface area contributed by atoms with Gasteiger partial charge in [-0.1, -0.05) is 57.5 Å². The van der Waals surface area contributed by atoms with E-state index in [2.05, 4.69) is 73.4 Å². The van der Waals surface area contributed by atoms with E-state index in [0.29, 0.717) is 38.0 Å². The zero-order valence-corrected chi connectivity index (χ0v) is 32.9. The number of aromatic hydroxyl groups is 1. The summed E-state index contributed by atoms with van der Waals surface area (Å²) in [5, 5.41) is 18.0. The van der Waals surface area contributed by atoms with Crippen molar-refractivity contribution >= 4 is 31.0 Å². The van der Waals surface area contributed by atoms with Gasteiger partial charge in [-0.3, -0.25) is 14.4 Å². The highest BCUT2D eigenvalue weighted by atomic mass is 28.4. The summed E-state index contributed by atoms with van der Waals surface area (Å²) >= 11 is 0. The number of nitrogens with one attached hydrogen (secondary N) is 3. The lowest BCUT2D eigenvalue weighted by Crippen LogP contribution is -2.44. The third-order valence-corrected chi connectivity index (χ3v) is 15.0. The number of phenols is 1. The fourth-order valence-corrected chi connectivity index (χ4v) is 7.71. The van der Waals surface area contributed by atoms with Crippen LogP contribution in [0.2, 0.25) is 18.1 Å². The second-order valence-electron chi connectivity index (χ2n) is 15.8. The highest BCUT2D eigenvalue weighted by molar-refractivity contribution is 6.74. The number of hydrogen-bond donors (Lipinski definition) is 4. The monoisotopic (exact) mass is 719 g/mol. The van der Waals surface area contributed by atoms with E-state index in [0.717, 1.165) is 54.6 Å². The van der Waals surface area contributed by atoms with E-state index in [1.807, 2.05) is 25.2 Å². The molecule has 51 heavy (non-hydrogen) atoms. The van der Waals surface area contributed by atoms with Crippen LogP contribution in [0.15, 0.2) is 53.3 Å². The van der Waals surface area contributed by atoms with Crippen molar-refractivity contribution in [2.24, 2.45) is 0 Å². The zero-order chi connectivity index (χ0) is 37.2. The molecule has 11 heteroatoms. The van der Waals surface area contributed by atoms with E-state index < -0.39 is 8.32 Å². The Morgan fingerprint density at radius 1 is 1.06 bits per heavy atom. The molecule has 0 unspecified atom stereocenters. The van der Waals surface area contributed by atoms with Crippen LogP contribution in [-0.2, 0) is 26.9 Å². The standard InChI is InChI=1S/C40H61N5O5Si/c1-29(42-28-35(50-51(6,7)40(2,3)4)32-15-17-34(46)39-33(32)16-18-36(47)43-39)25-30-13-11-14-31(26-30)27-37(48)41-20-12-21-44(5)38(49)19-24-45-22-9-8-10-23-45/h11,13-18,26,29,35,42,46H,8-10,12,19-25,27-28H2,1-7H3,(H,41,48)(H,43,47)/t29-,35-/m0/s1. The van der Waals surface area contributed by atoms with Crippen LogP contribution < -0.4 is 16.2 Å². The molecule has 2 aromatic carbocycles. The second kappa shape index (κ2) is 18.3. The van der Waals surface area contributed by atoms with Crippen LogP contribution in [0.4, 0.5) is 0 Å².